The van der Waals surface area contributed by atoms with Crippen LogP contribution in [0.15, 0.2) is 12.4 Å². The van der Waals surface area contributed by atoms with E-state index in [0.717, 1.165) is 25.1 Å². The molecule has 0 aromatic carbocycles. The molecule has 1 aromatic heterocycles. The van der Waals surface area contributed by atoms with E-state index in [0.29, 0.717) is 17.8 Å². The zero-order valence-corrected chi connectivity index (χ0v) is 11.9. The molecule has 1 heterocycles. The van der Waals surface area contributed by atoms with Crippen LogP contribution < -0.4 is 10.1 Å². The van der Waals surface area contributed by atoms with Crippen LogP contribution in [0.4, 0.5) is 0 Å². The van der Waals surface area contributed by atoms with E-state index in [-0.39, 0.29) is 0 Å². The maximum atomic E-state index is 5.16. The molecule has 102 valence electrons. The van der Waals surface area contributed by atoms with Crippen molar-refractivity contribution in [2.45, 2.75) is 46.1 Å². The first-order chi connectivity index (χ1) is 8.67. The largest absolute Gasteiger partial charge is 0.481 e. The van der Waals surface area contributed by atoms with E-state index in [4.69, 9.17) is 4.74 Å². The van der Waals surface area contributed by atoms with Gasteiger partial charge in [0.25, 0.3) is 0 Å². The van der Waals surface area contributed by atoms with Gasteiger partial charge < -0.3 is 10.1 Å². The number of nitrogens with one attached hydrogen (secondary N) is 1. The van der Waals surface area contributed by atoms with Crippen LogP contribution in [0.3, 0.4) is 0 Å². The second-order valence-electron chi connectivity index (χ2n) is 4.96. The average Bonchev–Trinajstić information content (AvgIpc) is 2.38. The van der Waals surface area contributed by atoms with Crippen molar-refractivity contribution in [3.05, 3.63) is 18.1 Å². The van der Waals surface area contributed by atoms with E-state index in [2.05, 4.69) is 36.1 Å². The summed E-state index contributed by atoms with van der Waals surface area (Å²) in [6, 6.07) is 2.22. The molecule has 0 bridgehead atoms. The predicted octanol–water partition coefficient (Wildman–Crippen LogP) is 2.96. The molecular weight excluding hydrogens is 226 g/mol. The molecular formula is C14H25N3O. The summed E-state index contributed by atoms with van der Waals surface area (Å²) >= 11 is 0. The molecule has 0 saturated carbocycles. The van der Waals surface area contributed by atoms with Crippen LogP contribution in [0, 0.1) is 5.92 Å². The Morgan fingerprint density at radius 3 is 2.67 bits per heavy atom. The molecule has 1 unspecified atom stereocenters. The fourth-order valence-electron chi connectivity index (χ4n) is 1.83. The number of rotatable bonds is 8. The Morgan fingerprint density at radius 2 is 2.06 bits per heavy atom. The molecule has 0 spiro atoms. The SMILES string of the molecule is CCCNC(CCC(C)C)c1cc(OC)ncn1. The highest BCUT2D eigenvalue weighted by atomic mass is 16.5. The van der Waals surface area contributed by atoms with Crippen molar-refractivity contribution < 1.29 is 4.74 Å². The first-order valence-corrected chi connectivity index (χ1v) is 6.76. The highest BCUT2D eigenvalue weighted by Gasteiger charge is 2.13. The second-order valence-corrected chi connectivity index (χ2v) is 4.96. The Balaban J connectivity index is 2.72. The van der Waals surface area contributed by atoms with Crippen LogP contribution in [0.2, 0.25) is 0 Å². The number of methoxy groups -OCH3 is 1. The first kappa shape index (κ1) is 14.9. The third kappa shape index (κ3) is 5.00. The van der Waals surface area contributed by atoms with Crippen LogP contribution >= 0.6 is 0 Å². The molecule has 4 heteroatoms. The molecule has 0 aliphatic heterocycles. The van der Waals surface area contributed by atoms with Gasteiger partial charge in [0.15, 0.2) is 0 Å². The number of aromatic nitrogens is 2. The van der Waals surface area contributed by atoms with Crippen molar-refractivity contribution in [3.8, 4) is 5.88 Å². The number of ether oxygens (including phenoxy) is 1. The van der Waals surface area contributed by atoms with Gasteiger partial charge in [0.05, 0.1) is 12.8 Å². The summed E-state index contributed by atoms with van der Waals surface area (Å²) in [6.45, 7) is 7.68. The maximum Gasteiger partial charge on any atom is 0.216 e. The monoisotopic (exact) mass is 251 g/mol. The van der Waals surface area contributed by atoms with Gasteiger partial charge in [-0.25, -0.2) is 9.97 Å². The maximum absolute atomic E-state index is 5.16. The van der Waals surface area contributed by atoms with Crippen LogP contribution in [-0.2, 0) is 0 Å². The third-order valence-electron chi connectivity index (χ3n) is 2.90. The van der Waals surface area contributed by atoms with E-state index in [1.165, 1.54) is 6.42 Å². The summed E-state index contributed by atoms with van der Waals surface area (Å²) in [7, 11) is 1.63. The van der Waals surface area contributed by atoms with Gasteiger partial charge in [-0.05, 0) is 31.7 Å². The number of hydrogen-bond acceptors (Lipinski definition) is 4. The zero-order valence-electron chi connectivity index (χ0n) is 11.9. The van der Waals surface area contributed by atoms with Gasteiger partial charge in [-0.1, -0.05) is 20.8 Å². The van der Waals surface area contributed by atoms with E-state index in [1.54, 1.807) is 13.4 Å². The lowest BCUT2D eigenvalue weighted by molar-refractivity contribution is 0.390. The lowest BCUT2D eigenvalue weighted by atomic mass is 10.0. The molecule has 0 radical (unpaired) electrons. The van der Waals surface area contributed by atoms with Crippen molar-refractivity contribution in [1.82, 2.24) is 15.3 Å². The minimum absolute atomic E-state index is 0.296. The minimum atomic E-state index is 0.296. The fourth-order valence-corrected chi connectivity index (χ4v) is 1.83. The molecule has 0 aliphatic carbocycles. The van der Waals surface area contributed by atoms with Gasteiger partial charge in [-0.3, -0.25) is 0 Å². The van der Waals surface area contributed by atoms with Crippen molar-refractivity contribution in [1.29, 1.82) is 0 Å². The summed E-state index contributed by atoms with van der Waals surface area (Å²) in [4.78, 5) is 8.42. The molecule has 0 fully saturated rings. The third-order valence-corrected chi connectivity index (χ3v) is 2.90. The lowest BCUT2D eigenvalue weighted by Gasteiger charge is -2.19. The summed E-state index contributed by atoms with van der Waals surface area (Å²) < 4.78 is 5.16. The Morgan fingerprint density at radius 1 is 1.28 bits per heavy atom. The van der Waals surface area contributed by atoms with Gasteiger partial charge >= 0.3 is 0 Å². The highest BCUT2D eigenvalue weighted by Crippen LogP contribution is 2.21. The molecule has 1 rings (SSSR count). The smallest absolute Gasteiger partial charge is 0.216 e. The first-order valence-electron chi connectivity index (χ1n) is 6.76. The van der Waals surface area contributed by atoms with Crippen LogP contribution in [0.25, 0.3) is 0 Å². The van der Waals surface area contributed by atoms with Gasteiger partial charge in [-0.15, -0.1) is 0 Å². The zero-order chi connectivity index (χ0) is 13.4. The number of nitrogens with zero attached hydrogens (tertiary/aromatic N) is 2. The topological polar surface area (TPSA) is 47.0 Å². The quantitative estimate of drug-likeness (QED) is 0.771. The molecule has 0 saturated heterocycles. The highest BCUT2D eigenvalue weighted by molar-refractivity contribution is 5.16. The molecule has 1 N–H and O–H groups in total. The van der Waals surface area contributed by atoms with Crippen molar-refractivity contribution >= 4 is 0 Å². The van der Waals surface area contributed by atoms with E-state index >= 15 is 0 Å². The molecule has 0 aliphatic rings. The molecule has 1 atom stereocenters. The van der Waals surface area contributed by atoms with Crippen molar-refractivity contribution in [2.75, 3.05) is 13.7 Å². The van der Waals surface area contributed by atoms with Gasteiger partial charge in [-0.2, -0.15) is 0 Å². The summed E-state index contributed by atoms with van der Waals surface area (Å²) in [6.07, 6.45) is 4.98. The van der Waals surface area contributed by atoms with Gasteiger partial charge in [0.1, 0.15) is 6.33 Å². The molecule has 18 heavy (non-hydrogen) atoms. The van der Waals surface area contributed by atoms with Crippen molar-refractivity contribution in [2.24, 2.45) is 5.92 Å². The Hall–Kier alpha value is -1.16. The van der Waals surface area contributed by atoms with E-state index in [9.17, 15) is 0 Å². The average molecular weight is 251 g/mol. The predicted molar refractivity (Wildman–Crippen MR) is 73.7 cm³/mol. The van der Waals surface area contributed by atoms with Crippen LogP contribution in [0.1, 0.15) is 51.8 Å². The van der Waals surface area contributed by atoms with E-state index in [1.807, 2.05) is 6.07 Å². The Bertz CT molecular complexity index is 342. The van der Waals surface area contributed by atoms with Crippen LogP contribution in [0.5, 0.6) is 5.88 Å². The normalized spacial score (nSPS) is 12.7. The molecule has 1 aromatic rings. The Kier molecular flexibility index (Phi) is 6.65. The Labute approximate surface area is 110 Å². The standard InChI is InChI=1S/C14H25N3O/c1-5-8-15-12(7-6-11(2)3)13-9-14(18-4)17-10-16-13/h9-12,15H,5-8H2,1-4H3. The van der Waals surface area contributed by atoms with Crippen LogP contribution in [-0.4, -0.2) is 23.6 Å². The molecule has 0 amide bonds. The van der Waals surface area contributed by atoms with Gasteiger partial charge in [0, 0.05) is 12.1 Å². The fraction of sp³-hybridized carbons (Fsp3) is 0.714. The second kappa shape index (κ2) is 8.03. The van der Waals surface area contributed by atoms with Gasteiger partial charge in [0.2, 0.25) is 5.88 Å². The summed E-state index contributed by atoms with van der Waals surface area (Å²) in [5, 5.41) is 3.55. The van der Waals surface area contributed by atoms with E-state index < -0.39 is 0 Å². The number of hydrogen-bond donors (Lipinski definition) is 1. The van der Waals surface area contributed by atoms with Crippen molar-refractivity contribution in [3.63, 3.8) is 0 Å². The lowest BCUT2D eigenvalue weighted by Crippen LogP contribution is -2.23. The summed E-state index contributed by atoms with van der Waals surface area (Å²) in [5.74, 6) is 1.34. The summed E-state index contributed by atoms with van der Waals surface area (Å²) in [5.41, 5.74) is 1.02. The minimum Gasteiger partial charge on any atom is -0.481 e. The molecule has 4 nitrogen and oxygen atoms in total.